The van der Waals surface area contributed by atoms with E-state index >= 15 is 0 Å². The van der Waals surface area contributed by atoms with E-state index < -0.39 is 0 Å². The second kappa shape index (κ2) is 7.10. The number of aromatic nitrogens is 4. The summed E-state index contributed by atoms with van der Waals surface area (Å²) in [7, 11) is 0. The number of rotatable bonds is 4. The molecule has 1 saturated heterocycles. The molecule has 4 rings (SSSR count). The summed E-state index contributed by atoms with van der Waals surface area (Å²) < 4.78 is 19.3. The molecule has 138 valence electrons. The first-order valence-electron chi connectivity index (χ1n) is 8.56. The summed E-state index contributed by atoms with van der Waals surface area (Å²) in [6, 6.07) is 8.43. The first kappa shape index (κ1) is 17.1. The molecule has 3 heterocycles. The molecule has 27 heavy (non-hydrogen) atoms. The molecule has 9 heteroatoms. The van der Waals surface area contributed by atoms with E-state index in [4.69, 9.17) is 4.52 Å². The van der Waals surface area contributed by atoms with E-state index in [0.717, 1.165) is 17.5 Å². The van der Waals surface area contributed by atoms with Gasteiger partial charge in [0.1, 0.15) is 18.1 Å². The summed E-state index contributed by atoms with van der Waals surface area (Å²) in [6.45, 7) is 1.28. The molecule has 0 aliphatic carbocycles. The van der Waals surface area contributed by atoms with Gasteiger partial charge in [-0.1, -0.05) is 5.16 Å². The zero-order valence-corrected chi connectivity index (χ0v) is 14.3. The highest BCUT2D eigenvalue weighted by Gasteiger charge is 2.20. The lowest BCUT2D eigenvalue weighted by atomic mass is 10.2. The minimum absolute atomic E-state index is 0.108. The van der Waals surface area contributed by atoms with Crippen LogP contribution in [0.3, 0.4) is 0 Å². The van der Waals surface area contributed by atoms with E-state index in [0.29, 0.717) is 18.7 Å². The fourth-order valence-electron chi connectivity index (χ4n) is 2.91. The van der Waals surface area contributed by atoms with Crippen molar-refractivity contribution in [3.05, 3.63) is 52.6 Å². The minimum Gasteiger partial charge on any atom is -0.341 e. The Morgan fingerprint density at radius 1 is 1.11 bits per heavy atom. The van der Waals surface area contributed by atoms with Crippen molar-refractivity contribution in [2.24, 2.45) is 0 Å². The van der Waals surface area contributed by atoms with E-state index in [1.165, 1.54) is 36.4 Å². The molecular weight excluding hydrogens is 353 g/mol. The van der Waals surface area contributed by atoms with Gasteiger partial charge in [-0.3, -0.25) is 9.59 Å². The molecule has 1 aromatic carbocycles. The van der Waals surface area contributed by atoms with E-state index in [-0.39, 0.29) is 41.2 Å². The van der Waals surface area contributed by atoms with Crippen molar-refractivity contribution in [3.63, 3.8) is 0 Å². The molecule has 0 unspecified atom stereocenters. The van der Waals surface area contributed by atoms with Crippen LogP contribution in [0.5, 0.6) is 0 Å². The molecule has 0 saturated carbocycles. The topological polar surface area (TPSA) is 94.1 Å². The molecule has 0 atom stereocenters. The molecule has 0 radical (unpaired) electrons. The molecule has 2 aromatic heterocycles. The van der Waals surface area contributed by atoms with Crippen LogP contribution in [0.1, 0.15) is 12.8 Å². The van der Waals surface area contributed by atoms with Gasteiger partial charge in [0.2, 0.25) is 11.7 Å². The lowest BCUT2D eigenvalue weighted by Crippen LogP contribution is -2.35. The van der Waals surface area contributed by atoms with Crippen LogP contribution >= 0.6 is 0 Å². The van der Waals surface area contributed by atoms with E-state index in [9.17, 15) is 14.0 Å². The van der Waals surface area contributed by atoms with Gasteiger partial charge >= 0.3 is 0 Å². The van der Waals surface area contributed by atoms with Crippen molar-refractivity contribution in [3.8, 4) is 23.0 Å². The minimum atomic E-state index is -0.385. The normalized spacial score (nSPS) is 13.9. The summed E-state index contributed by atoms with van der Waals surface area (Å²) in [4.78, 5) is 30.3. The zero-order valence-electron chi connectivity index (χ0n) is 14.3. The SMILES string of the molecule is O=C(Cn1nc(-c2nc(-c3ccc(F)cc3)no2)ccc1=O)N1CCCC1. The van der Waals surface area contributed by atoms with Gasteiger partial charge in [-0.15, -0.1) is 0 Å². The lowest BCUT2D eigenvalue weighted by molar-refractivity contribution is -0.131. The summed E-state index contributed by atoms with van der Waals surface area (Å²) in [5, 5.41) is 8.03. The number of halogens is 1. The number of nitrogens with zero attached hydrogens (tertiary/aromatic N) is 5. The highest BCUT2D eigenvalue weighted by Crippen LogP contribution is 2.20. The van der Waals surface area contributed by atoms with Gasteiger partial charge in [-0.2, -0.15) is 10.1 Å². The number of hydrogen-bond donors (Lipinski definition) is 0. The van der Waals surface area contributed by atoms with Crippen LogP contribution < -0.4 is 5.56 Å². The van der Waals surface area contributed by atoms with Gasteiger partial charge in [0.05, 0.1) is 0 Å². The van der Waals surface area contributed by atoms with Crippen molar-refractivity contribution >= 4 is 5.91 Å². The number of carbonyl (C=O) groups excluding carboxylic acids is 1. The van der Waals surface area contributed by atoms with Crippen LogP contribution in [0.2, 0.25) is 0 Å². The third-order valence-corrected chi connectivity index (χ3v) is 4.36. The van der Waals surface area contributed by atoms with E-state index in [2.05, 4.69) is 15.2 Å². The number of carbonyl (C=O) groups is 1. The highest BCUT2D eigenvalue weighted by molar-refractivity contribution is 5.76. The summed E-state index contributed by atoms with van der Waals surface area (Å²) in [5.74, 6) is -0.120. The maximum Gasteiger partial charge on any atom is 0.278 e. The predicted octanol–water partition coefficient (Wildman–Crippen LogP) is 1.72. The van der Waals surface area contributed by atoms with E-state index in [1.54, 1.807) is 4.90 Å². The fraction of sp³-hybridized carbons (Fsp3) is 0.278. The van der Waals surface area contributed by atoms with Gasteiger partial charge in [0.25, 0.3) is 11.4 Å². The second-order valence-electron chi connectivity index (χ2n) is 6.23. The molecule has 0 bridgehead atoms. The van der Waals surface area contributed by atoms with Crippen LogP contribution in [0, 0.1) is 5.82 Å². The predicted molar refractivity (Wildman–Crippen MR) is 93.0 cm³/mol. The maximum absolute atomic E-state index is 13.0. The molecule has 1 aliphatic rings. The summed E-state index contributed by atoms with van der Waals surface area (Å²) >= 11 is 0. The highest BCUT2D eigenvalue weighted by atomic mass is 19.1. The molecule has 3 aromatic rings. The Kier molecular flexibility index (Phi) is 4.49. The Labute approximate surface area is 153 Å². The molecule has 1 aliphatic heterocycles. The fourth-order valence-corrected chi connectivity index (χ4v) is 2.91. The molecule has 0 spiro atoms. The first-order valence-corrected chi connectivity index (χ1v) is 8.56. The quantitative estimate of drug-likeness (QED) is 0.695. The Morgan fingerprint density at radius 2 is 1.85 bits per heavy atom. The van der Waals surface area contributed by atoms with Gasteiger partial charge in [0, 0.05) is 24.7 Å². The average molecular weight is 369 g/mol. The molecule has 0 N–H and O–H groups in total. The van der Waals surface area contributed by atoms with Crippen molar-refractivity contribution in [1.29, 1.82) is 0 Å². The van der Waals surface area contributed by atoms with Crippen molar-refractivity contribution < 1.29 is 13.7 Å². The third-order valence-electron chi connectivity index (χ3n) is 4.36. The van der Waals surface area contributed by atoms with E-state index in [1.807, 2.05) is 0 Å². The van der Waals surface area contributed by atoms with Crippen molar-refractivity contribution in [2.45, 2.75) is 19.4 Å². The number of benzene rings is 1. The summed E-state index contributed by atoms with van der Waals surface area (Å²) in [6.07, 6.45) is 1.95. The van der Waals surface area contributed by atoms with Gasteiger partial charge in [-0.05, 0) is 43.2 Å². The number of hydrogen-bond acceptors (Lipinski definition) is 6. The van der Waals surface area contributed by atoms with Crippen LogP contribution in [0.4, 0.5) is 4.39 Å². The van der Waals surface area contributed by atoms with Crippen molar-refractivity contribution in [2.75, 3.05) is 13.1 Å². The van der Waals surface area contributed by atoms with Crippen LogP contribution in [0.15, 0.2) is 45.7 Å². The van der Waals surface area contributed by atoms with Gasteiger partial charge in [0.15, 0.2) is 0 Å². The smallest absolute Gasteiger partial charge is 0.278 e. The zero-order chi connectivity index (χ0) is 18.8. The third kappa shape index (κ3) is 3.62. The lowest BCUT2D eigenvalue weighted by Gasteiger charge is -2.15. The van der Waals surface area contributed by atoms with Crippen LogP contribution in [-0.4, -0.2) is 43.8 Å². The molecule has 1 fully saturated rings. The average Bonchev–Trinajstić information content (AvgIpc) is 3.36. The molecule has 1 amide bonds. The van der Waals surface area contributed by atoms with Gasteiger partial charge < -0.3 is 9.42 Å². The van der Waals surface area contributed by atoms with Crippen LogP contribution in [-0.2, 0) is 11.3 Å². The standard InChI is InChI=1S/C18H16FN5O3/c19-13-5-3-12(4-6-13)17-20-18(27-22-17)14-7-8-15(25)24(21-14)11-16(26)23-9-1-2-10-23/h3-8H,1-2,9-11H2. The van der Waals surface area contributed by atoms with Crippen molar-refractivity contribution in [1.82, 2.24) is 24.8 Å². The maximum atomic E-state index is 13.0. The Balaban J connectivity index is 1.58. The first-order chi connectivity index (χ1) is 13.1. The Morgan fingerprint density at radius 3 is 2.59 bits per heavy atom. The monoisotopic (exact) mass is 369 g/mol. The largest absolute Gasteiger partial charge is 0.341 e. The summed E-state index contributed by atoms with van der Waals surface area (Å²) in [5.41, 5.74) is 0.484. The molecular formula is C18H16FN5O3. The number of likely N-dealkylation sites (tertiary alicyclic amines) is 1. The Bertz CT molecular complexity index is 1020. The van der Waals surface area contributed by atoms with Gasteiger partial charge in [-0.25, -0.2) is 9.07 Å². The number of amides is 1. The second-order valence-corrected chi connectivity index (χ2v) is 6.23. The molecule has 8 nitrogen and oxygen atoms in total. The van der Waals surface area contributed by atoms with Crippen LogP contribution in [0.25, 0.3) is 23.0 Å². The Hall–Kier alpha value is -3.36.